The molecule has 2 aromatic heterocycles. The summed E-state index contributed by atoms with van der Waals surface area (Å²) >= 11 is 0. The first-order valence-corrected chi connectivity index (χ1v) is 11.3. The SMILES string of the molecule is COCc1ccc(-n2nnc(C)c2COc2ccc(N3CCN4CCNC(=O)[C@@H]4C3)nn2)cc1. The number of fused-ring (bicyclic) bond motifs is 1. The smallest absolute Gasteiger partial charge is 0.239 e. The standard InChI is InChI=1S/C23H28N8O3/c1-16-20(31(28-25-16)18-5-3-17(4-6-18)14-33-2)15-34-22-8-7-21(26-27-22)30-12-11-29-10-9-24-23(32)19(29)13-30/h3-8,19H,9-15H2,1-2H3,(H,24,32)/t19-/m0/s1. The molecule has 0 bridgehead atoms. The van der Waals surface area contributed by atoms with Crippen molar-refractivity contribution in [2.45, 2.75) is 26.2 Å². The lowest BCUT2D eigenvalue weighted by Gasteiger charge is -2.43. The maximum atomic E-state index is 12.2. The lowest BCUT2D eigenvalue weighted by Crippen LogP contribution is -2.64. The van der Waals surface area contributed by atoms with Crippen molar-refractivity contribution >= 4 is 11.7 Å². The quantitative estimate of drug-likeness (QED) is 0.540. The average molecular weight is 465 g/mol. The van der Waals surface area contributed by atoms with E-state index in [1.165, 1.54) is 0 Å². The number of carbonyl (C=O) groups is 1. The molecule has 0 saturated carbocycles. The van der Waals surface area contributed by atoms with Crippen LogP contribution in [0.4, 0.5) is 5.82 Å². The van der Waals surface area contributed by atoms with Crippen molar-refractivity contribution in [1.29, 1.82) is 0 Å². The van der Waals surface area contributed by atoms with Crippen molar-refractivity contribution in [1.82, 2.24) is 35.4 Å². The summed E-state index contributed by atoms with van der Waals surface area (Å²) < 4.78 is 12.9. The molecule has 0 aliphatic carbocycles. The minimum absolute atomic E-state index is 0.0813. The maximum Gasteiger partial charge on any atom is 0.239 e. The van der Waals surface area contributed by atoms with Crippen LogP contribution in [0, 0.1) is 6.92 Å². The van der Waals surface area contributed by atoms with E-state index in [9.17, 15) is 4.79 Å². The van der Waals surface area contributed by atoms with Gasteiger partial charge in [0.15, 0.2) is 5.82 Å². The number of amides is 1. The van der Waals surface area contributed by atoms with Crippen molar-refractivity contribution in [2.75, 3.05) is 44.7 Å². The fourth-order valence-corrected chi connectivity index (χ4v) is 4.34. The van der Waals surface area contributed by atoms with Gasteiger partial charge in [0.2, 0.25) is 11.8 Å². The largest absolute Gasteiger partial charge is 0.470 e. The molecule has 2 saturated heterocycles. The molecule has 2 fully saturated rings. The zero-order valence-corrected chi connectivity index (χ0v) is 19.3. The number of aryl methyl sites for hydroxylation is 1. The van der Waals surface area contributed by atoms with E-state index in [2.05, 4.69) is 35.6 Å². The molecule has 34 heavy (non-hydrogen) atoms. The summed E-state index contributed by atoms with van der Waals surface area (Å²) in [5, 5.41) is 20.0. The molecule has 0 spiro atoms. The average Bonchev–Trinajstić information content (AvgIpc) is 3.24. The van der Waals surface area contributed by atoms with Crippen LogP contribution in [0.25, 0.3) is 5.69 Å². The van der Waals surface area contributed by atoms with Crippen LogP contribution in [-0.4, -0.2) is 81.9 Å². The van der Waals surface area contributed by atoms with Crippen LogP contribution in [0.1, 0.15) is 17.0 Å². The molecule has 1 aromatic carbocycles. The van der Waals surface area contributed by atoms with Gasteiger partial charge in [0.05, 0.1) is 18.0 Å². The van der Waals surface area contributed by atoms with Crippen LogP contribution in [-0.2, 0) is 22.7 Å². The molecular formula is C23H28N8O3. The Balaban J connectivity index is 1.23. The van der Waals surface area contributed by atoms with Gasteiger partial charge in [0.25, 0.3) is 0 Å². The van der Waals surface area contributed by atoms with Gasteiger partial charge in [0.1, 0.15) is 18.3 Å². The third-order valence-electron chi connectivity index (χ3n) is 6.25. The zero-order valence-electron chi connectivity index (χ0n) is 19.3. The Morgan fingerprint density at radius 2 is 1.88 bits per heavy atom. The number of carbonyl (C=O) groups excluding carboxylic acids is 1. The monoisotopic (exact) mass is 464 g/mol. The molecule has 0 radical (unpaired) electrons. The molecular weight excluding hydrogens is 436 g/mol. The van der Waals surface area contributed by atoms with E-state index in [-0.39, 0.29) is 18.6 Å². The molecule has 11 nitrogen and oxygen atoms in total. The number of nitrogens with one attached hydrogen (secondary N) is 1. The molecule has 3 aromatic rings. The van der Waals surface area contributed by atoms with Gasteiger partial charge in [-0.1, -0.05) is 17.3 Å². The van der Waals surface area contributed by atoms with Crippen molar-refractivity contribution in [3.63, 3.8) is 0 Å². The van der Waals surface area contributed by atoms with E-state index in [1.807, 2.05) is 37.3 Å². The van der Waals surface area contributed by atoms with Crippen LogP contribution in [0.3, 0.4) is 0 Å². The predicted octanol–water partition coefficient (Wildman–Crippen LogP) is 0.712. The van der Waals surface area contributed by atoms with Crippen LogP contribution < -0.4 is 15.0 Å². The van der Waals surface area contributed by atoms with Crippen molar-refractivity contribution < 1.29 is 14.3 Å². The molecule has 2 aliphatic heterocycles. The Morgan fingerprint density at radius 3 is 2.65 bits per heavy atom. The lowest BCUT2D eigenvalue weighted by atomic mass is 10.1. The minimum Gasteiger partial charge on any atom is -0.470 e. The Labute approximate surface area is 197 Å². The van der Waals surface area contributed by atoms with Crippen molar-refractivity contribution in [3.8, 4) is 11.6 Å². The van der Waals surface area contributed by atoms with Crippen LogP contribution in [0.15, 0.2) is 36.4 Å². The Morgan fingerprint density at radius 1 is 1.03 bits per heavy atom. The van der Waals surface area contributed by atoms with Crippen LogP contribution >= 0.6 is 0 Å². The summed E-state index contributed by atoms with van der Waals surface area (Å²) in [6.07, 6.45) is 0. The van der Waals surface area contributed by atoms with Gasteiger partial charge in [-0.2, -0.15) is 0 Å². The summed E-state index contributed by atoms with van der Waals surface area (Å²) in [7, 11) is 1.68. The molecule has 178 valence electrons. The normalized spacial score (nSPS) is 18.5. The van der Waals surface area contributed by atoms with Gasteiger partial charge in [-0.05, 0) is 30.7 Å². The molecule has 11 heteroatoms. The highest BCUT2D eigenvalue weighted by Gasteiger charge is 2.35. The lowest BCUT2D eigenvalue weighted by molar-refractivity contribution is -0.129. The number of anilines is 1. The highest BCUT2D eigenvalue weighted by Crippen LogP contribution is 2.21. The fraction of sp³-hybridized carbons (Fsp3) is 0.435. The first-order valence-electron chi connectivity index (χ1n) is 11.3. The summed E-state index contributed by atoms with van der Waals surface area (Å²) in [5.74, 6) is 1.24. The molecule has 4 heterocycles. The van der Waals surface area contributed by atoms with Crippen molar-refractivity contribution in [3.05, 3.63) is 53.3 Å². The fourth-order valence-electron chi connectivity index (χ4n) is 4.34. The number of methoxy groups -OCH3 is 1. The molecule has 0 unspecified atom stereocenters. The zero-order chi connectivity index (χ0) is 23.5. The summed E-state index contributed by atoms with van der Waals surface area (Å²) in [5.41, 5.74) is 3.60. The van der Waals surface area contributed by atoms with E-state index < -0.39 is 0 Å². The van der Waals surface area contributed by atoms with Gasteiger partial charge in [-0.25, -0.2) is 4.68 Å². The van der Waals surface area contributed by atoms with E-state index in [1.54, 1.807) is 17.9 Å². The van der Waals surface area contributed by atoms with Gasteiger partial charge in [-0.15, -0.1) is 15.3 Å². The highest BCUT2D eigenvalue weighted by molar-refractivity contribution is 5.83. The van der Waals surface area contributed by atoms with E-state index in [4.69, 9.17) is 9.47 Å². The number of hydrogen-bond acceptors (Lipinski definition) is 9. The van der Waals surface area contributed by atoms with E-state index >= 15 is 0 Å². The molecule has 5 rings (SSSR count). The Hall–Kier alpha value is -3.57. The third-order valence-corrected chi connectivity index (χ3v) is 6.25. The van der Waals surface area contributed by atoms with Gasteiger partial charge in [-0.3, -0.25) is 9.69 Å². The second-order valence-corrected chi connectivity index (χ2v) is 8.44. The second kappa shape index (κ2) is 9.74. The summed E-state index contributed by atoms with van der Waals surface area (Å²) in [6.45, 7) is 6.58. The highest BCUT2D eigenvalue weighted by atomic mass is 16.5. The summed E-state index contributed by atoms with van der Waals surface area (Å²) in [6, 6.07) is 11.5. The number of rotatable bonds is 7. The maximum absolute atomic E-state index is 12.2. The third kappa shape index (κ3) is 4.57. The number of piperazine rings is 2. The minimum atomic E-state index is -0.139. The molecule has 1 amide bonds. The Kier molecular flexibility index (Phi) is 6.37. The topological polar surface area (TPSA) is 111 Å². The van der Waals surface area contributed by atoms with Gasteiger partial charge >= 0.3 is 0 Å². The van der Waals surface area contributed by atoms with Gasteiger partial charge < -0.3 is 19.7 Å². The second-order valence-electron chi connectivity index (χ2n) is 8.44. The molecule has 1 N–H and O–H groups in total. The van der Waals surface area contributed by atoms with E-state index in [0.717, 1.165) is 48.1 Å². The first kappa shape index (κ1) is 22.2. The van der Waals surface area contributed by atoms with Crippen molar-refractivity contribution in [2.24, 2.45) is 0 Å². The predicted molar refractivity (Wildman–Crippen MR) is 124 cm³/mol. The van der Waals surface area contributed by atoms with Crippen LogP contribution in [0.5, 0.6) is 5.88 Å². The van der Waals surface area contributed by atoms with Crippen LogP contribution in [0.2, 0.25) is 0 Å². The summed E-state index contributed by atoms with van der Waals surface area (Å²) in [4.78, 5) is 16.5. The number of hydrogen-bond donors (Lipinski definition) is 1. The number of nitrogens with zero attached hydrogens (tertiary/aromatic N) is 7. The number of aromatic nitrogens is 5. The number of ether oxygens (including phenoxy) is 2. The van der Waals surface area contributed by atoms with Gasteiger partial charge in [0, 0.05) is 45.9 Å². The molecule has 2 aliphatic rings. The first-order chi connectivity index (χ1) is 16.6. The Bertz CT molecular complexity index is 1130. The molecule has 1 atom stereocenters. The number of benzene rings is 1. The van der Waals surface area contributed by atoms with E-state index in [0.29, 0.717) is 25.6 Å².